The number of hydrogen-bond acceptors (Lipinski definition) is 6. The average Bonchev–Trinajstić information content (AvgIpc) is 2.87. The van der Waals surface area contributed by atoms with Crippen LogP contribution in [0.15, 0.2) is 24.5 Å². The minimum absolute atomic E-state index is 0.144. The molecule has 0 spiro atoms. The average molecular weight is 304 g/mol. The van der Waals surface area contributed by atoms with Crippen LogP contribution in [0.25, 0.3) is 11.1 Å². The second-order valence-electron chi connectivity index (χ2n) is 5.58. The van der Waals surface area contributed by atoms with Crippen LogP contribution in [0.2, 0.25) is 0 Å². The Labute approximate surface area is 128 Å². The number of nitrogens with two attached hydrogens (primary N) is 1. The second-order valence-corrected chi connectivity index (χ2v) is 6.35. The highest BCUT2D eigenvalue weighted by molar-refractivity contribution is 7.11. The molecule has 112 valence electrons. The molecule has 3 rings (SSSR count). The van der Waals surface area contributed by atoms with Gasteiger partial charge in [-0.3, -0.25) is 4.98 Å². The van der Waals surface area contributed by atoms with E-state index in [2.05, 4.69) is 14.7 Å². The van der Waals surface area contributed by atoms with Crippen molar-refractivity contribution in [3.05, 3.63) is 24.5 Å². The van der Waals surface area contributed by atoms with Gasteiger partial charge in [-0.1, -0.05) is 12.5 Å². The molecule has 5 nitrogen and oxygen atoms in total. The highest BCUT2D eigenvalue weighted by Crippen LogP contribution is 2.36. The fourth-order valence-electron chi connectivity index (χ4n) is 2.90. The molecule has 2 aromatic rings. The van der Waals surface area contributed by atoms with Crippen LogP contribution < -0.4 is 11.1 Å². The van der Waals surface area contributed by atoms with Crippen LogP contribution in [-0.2, 0) is 0 Å². The van der Waals surface area contributed by atoms with Gasteiger partial charge in [0.25, 0.3) is 0 Å². The lowest BCUT2D eigenvalue weighted by Gasteiger charge is -2.26. The van der Waals surface area contributed by atoms with Crippen molar-refractivity contribution in [2.75, 3.05) is 17.6 Å². The fourth-order valence-corrected chi connectivity index (χ4v) is 3.64. The molecular formula is C15H20N4OS. The Hall–Kier alpha value is -1.66. The molecule has 1 aliphatic carbocycles. The molecule has 0 saturated heterocycles. The van der Waals surface area contributed by atoms with Gasteiger partial charge in [0, 0.05) is 24.5 Å². The van der Waals surface area contributed by atoms with Crippen LogP contribution >= 0.6 is 11.5 Å². The number of nitrogens with one attached hydrogen (secondary N) is 1. The predicted molar refractivity (Wildman–Crippen MR) is 86.2 cm³/mol. The van der Waals surface area contributed by atoms with Gasteiger partial charge in [0.15, 0.2) is 0 Å². The predicted octanol–water partition coefficient (Wildman–Crippen LogP) is 2.75. The molecule has 0 aromatic carbocycles. The minimum atomic E-state index is -0.144. The van der Waals surface area contributed by atoms with Gasteiger partial charge in [0.2, 0.25) is 0 Å². The smallest absolute Gasteiger partial charge is 0.147 e. The summed E-state index contributed by atoms with van der Waals surface area (Å²) in [4.78, 5) is 4.14. The Bertz CT molecular complexity index is 587. The Morgan fingerprint density at radius 3 is 3.10 bits per heavy atom. The molecule has 2 aromatic heterocycles. The third-order valence-corrected chi connectivity index (χ3v) is 4.79. The third-order valence-electron chi connectivity index (χ3n) is 3.98. The molecule has 0 amide bonds. The minimum Gasteiger partial charge on any atom is -0.393 e. The molecule has 1 fully saturated rings. The van der Waals surface area contributed by atoms with Crippen LogP contribution in [0.1, 0.15) is 25.7 Å². The Morgan fingerprint density at radius 2 is 2.33 bits per heavy atom. The Kier molecular flexibility index (Phi) is 4.36. The van der Waals surface area contributed by atoms with E-state index in [1.165, 1.54) is 18.0 Å². The summed E-state index contributed by atoms with van der Waals surface area (Å²) >= 11 is 1.38. The van der Waals surface area contributed by atoms with E-state index in [1.807, 2.05) is 12.1 Å². The largest absolute Gasteiger partial charge is 0.393 e. The zero-order valence-electron chi connectivity index (χ0n) is 11.8. The lowest BCUT2D eigenvalue weighted by atomic mass is 9.87. The summed E-state index contributed by atoms with van der Waals surface area (Å²) in [5.41, 5.74) is 7.91. The standard InChI is InChI=1S/C15H20N4OS/c16-14-13(11-4-2-6-17-9-11)15(21-19-14)18-8-10-3-1-5-12(20)7-10/h2,4,6,9-10,12,18,20H,1,3,5,7-8H2,(H2,16,19). The molecule has 0 aliphatic heterocycles. The van der Waals surface area contributed by atoms with Crippen LogP contribution in [0.5, 0.6) is 0 Å². The molecule has 21 heavy (non-hydrogen) atoms. The van der Waals surface area contributed by atoms with E-state index < -0.39 is 0 Å². The maximum Gasteiger partial charge on any atom is 0.147 e. The van der Waals surface area contributed by atoms with Crippen molar-refractivity contribution in [2.45, 2.75) is 31.8 Å². The van der Waals surface area contributed by atoms with E-state index in [0.29, 0.717) is 11.7 Å². The first-order chi connectivity index (χ1) is 10.2. The lowest BCUT2D eigenvalue weighted by Crippen LogP contribution is -2.24. The quantitative estimate of drug-likeness (QED) is 0.809. The number of aliphatic hydroxyl groups excluding tert-OH is 1. The number of hydrogen-bond donors (Lipinski definition) is 3. The maximum atomic E-state index is 9.75. The third kappa shape index (κ3) is 3.33. The molecule has 6 heteroatoms. The number of aliphatic hydroxyl groups is 1. The van der Waals surface area contributed by atoms with E-state index in [-0.39, 0.29) is 6.10 Å². The summed E-state index contributed by atoms with van der Waals surface area (Å²) in [6, 6.07) is 3.89. The van der Waals surface area contributed by atoms with Crippen LogP contribution in [-0.4, -0.2) is 27.1 Å². The summed E-state index contributed by atoms with van der Waals surface area (Å²) in [5, 5.41) is 14.2. The van der Waals surface area contributed by atoms with Crippen LogP contribution in [0, 0.1) is 5.92 Å². The van der Waals surface area contributed by atoms with Crippen molar-refractivity contribution < 1.29 is 5.11 Å². The number of rotatable bonds is 4. The topological polar surface area (TPSA) is 84.1 Å². The molecule has 2 unspecified atom stereocenters. The van der Waals surface area contributed by atoms with E-state index in [0.717, 1.165) is 41.9 Å². The van der Waals surface area contributed by atoms with E-state index in [4.69, 9.17) is 5.73 Å². The van der Waals surface area contributed by atoms with Gasteiger partial charge in [-0.05, 0) is 42.8 Å². The van der Waals surface area contributed by atoms with Gasteiger partial charge in [-0.2, -0.15) is 4.37 Å². The van der Waals surface area contributed by atoms with Gasteiger partial charge in [0.05, 0.1) is 11.7 Å². The summed E-state index contributed by atoms with van der Waals surface area (Å²) in [7, 11) is 0. The Morgan fingerprint density at radius 1 is 1.43 bits per heavy atom. The molecule has 2 heterocycles. The van der Waals surface area contributed by atoms with E-state index in [9.17, 15) is 5.11 Å². The van der Waals surface area contributed by atoms with Gasteiger partial charge < -0.3 is 16.2 Å². The number of nitrogens with zero attached hydrogens (tertiary/aromatic N) is 2. The van der Waals surface area contributed by atoms with Crippen molar-refractivity contribution in [1.29, 1.82) is 0 Å². The first-order valence-corrected chi connectivity index (χ1v) is 8.09. The van der Waals surface area contributed by atoms with Gasteiger partial charge >= 0.3 is 0 Å². The van der Waals surface area contributed by atoms with Crippen LogP contribution in [0.4, 0.5) is 10.8 Å². The SMILES string of the molecule is Nc1nsc(NCC2CCCC(O)C2)c1-c1cccnc1. The fraction of sp³-hybridized carbons (Fsp3) is 0.467. The highest BCUT2D eigenvalue weighted by Gasteiger charge is 2.21. The summed E-state index contributed by atoms with van der Waals surface area (Å²) in [5.74, 6) is 1.05. The number of aromatic nitrogens is 2. The lowest BCUT2D eigenvalue weighted by molar-refractivity contribution is 0.105. The monoisotopic (exact) mass is 304 g/mol. The molecule has 0 radical (unpaired) electrons. The second kappa shape index (κ2) is 6.41. The summed E-state index contributed by atoms with van der Waals surface area (Å²) < 4.78 is 4.25. The molecule has 1 aliphatic rings. The zero-order valence-corrected chi connectivity index (χ0v) is 12.6. The van der Waals surface area contributed by atoms with E-state index in [1.54, 1.807) is 12.4 Å². The molecular weight excluding hydrogens is 284 g/mol. The van der Waals surface area contributed by atoms with Crippen molar-refractivity contribution in [3.63, 3.8) is 0 Å². The summed E-state index contributed by atoms with van der Waals surface area (Å²) in [6.45, 7) is 0.853. The summed E-state index contributed by atoms with van der Waals surface area (Å²) in [6.07, 6.45) is 7.49. The van der Waals surface area contributed by atoms with Crippen molar-refractivity contribution in [3.8, 4) is 11.1 Å². The van der Waals surface area contributed by atoms with Gasteiger partial charge in [-0.15, -0.1) is 0 Å². The maximum absolute atomic E-state index is 9.75. The molecule has 2 atom stereocenters. The normalized spacial score (nSPS) is 22.1. The van der Waals surface area contributed by atoms with Gasteiger partial charge in [-0.25, -0.2) is 0 Å². The molecule has 4 N–H and O–H groups in total. The van der Waals surface area contributed by atoms with Crippen molar-refractivity contribution in [1.82, 2.24) is 9.36 Å². The highest BCUT2D eigenvalue weighted by atomic mass is 32.1. The number of pyridine rings is 1. The van der Waals surface area contributed by atoms with Gasteiger partial charge in [0.1, 0.15) is 10.8 Å². The van der Waals surface area contributed by atoms with E-state index >= 15 is 0 Å². The van der Waals surface area contributed by atoms with Crippen molar-refractivity contribution >= 4 is 22.4 Å². The molecule has 1 saturated carbocycles. The van der Waals surface area contributed by atoms with Crippen molar-refractivity contribution in [2.24, 2.45) is 5.92 Å². The first kappa shape index (κ1) is 14.3. The van der Waals surface area contributed by atoms with Crippen LogP contribution in [0.3, 0.4) is 0 Å². The first-order valence-electron chi connectivity index (χ1n) is 7.31. The zero-order chi connectivity index (χ0) is 14.7. The Balaban J connectivity index is 1.72. The molecule has 0 bridgehead atoms. The number of nitrogen functional groups attached to an aromatic ring is 1. The number of anilines is 2.